The molecule has 0 bridgehead atoms. The van der Waals surface area contributed by atoms with Crippen molar-refractivity contribution in [2.24, 2.45) is 11.8 Å². The largest absolute Gasteiger partial charge is 0.465 e. The first-order valence-corrected chi connectivity index (χ1v) is 7.61. The fourth-order valence-corrected chi connectivity index (χ4v) is 2.40. The van der Waals surface area contributed by atoms with Crippen molar-refractivity contribution in [2.45, 2.75) is 46.0 Å². The molecule has 1 saturated carbocycles. The van der Waals surface area contributed by atoms with E-state index in [1.807, 2.05) is 6.08 Å². The van der Waals surface area contributed by atoms with Crippen LogP contribution in [0.5, 0.6) is 0 Å². The van der Waals surface area contributed by atoms with Crippen LogP contribution in [0.25, 0.3) is 0 Å². The SMILES string of the molecule is CCOC(=O)C(C/C=C/CC1CCCC1=O)C(=O)OCC. The molecule has 1 unspecified atom stereocenters. The molecule has 0 saturated heterocycles. The van der Waals surface area contributed by atoms with Crippen LogP contribution in [0.2, 0.25) is 0 Å². The maximum atomic E-state index is 11.8. The number of hydrogen-bond donors (Lipinski definition) is 0. The van der Waals surface area contributed by atoms with Gasteiger partial charge in [-0.25, -0.2) is 0 Å². The zero-order chi connectivity index (χ0) is 15.7. The Labute approximate surface area is 125 Å². The number of ketones is 1. The van der Waals surface area contributed by atoms with Crippen LogP contribution in [0.3, 0.4) is 0 Å². The summed E-state index contributed by atoms with van der Waals surface area (Å²) in [7, 11) is 0. The number of allylic oxidation sites excluding steroid dienone is 2. The molecule has 0 spiro atoms. The Morgan fingerprint density at radius 1 is 1.19 bits per heavy atom. The third-order valence-electron chi connectivity index (χ3n) is 3.53. The van der Waals surface area contributed by atoms with E-state index in [2.05, 4.69) is 0 Å². The van der Waals surface area contributed by atoms with Crippen LogP contribution >= 0.6 is 0 Å². The van der Waals surface area contributed by atoms with E-state index in [9.17, 15) is 14.4 Å². The number of carbonyl (C=O) groups excluding carboxylic acids is 3. The highest BCUT2D eigenvalue weighted by molar-refractivity contribution is 5.95. The van der Waals surface area contributed by atoms with E-state index in [0.717, 1.165) is 12.8 Å². The second-order valence-corrected chi connectivity index (χ2v) is 5.05. The van der Waals surface area contributed by atoms with Crippen LogP contribution in [-0.2, 0) is 23.9 Å². The number of esters is 2. The molecule has 0 aromatic rings. The summed E-state index contributed by atoms with van der Waals surface area (Å²) >= 11 is 0. The van der Waals surface area contributed by atoms with Crippen LogP contribution in [0.4, 0.5) is 0 Å². The molecular formula is C16H24O5. The van der Waals surface area contributed by atoms with Gasteiger partial charge in [0.05, 0.1) is 13.2 Å². The van der Waals surface area contributed by atoms with Crippen molar-refractivity contribution in [1.29, 1.82) is 0 Å². The van der Waals surface area contributed by atoms with Crippen molar-refractivity contribution in [3.05, 3.63) is 12.2 Å². The molecule has 1 aliphatic carbocycles. The quantitative estimate of drug-likeness (QED) is 0.391. The molecular weight excluding hydrogens is 272 g/mol. The Morgan fingerprint density at radius 2 is 1.81 bits per heavy atom. The Balaban J connectivity index is 2.49. The second-order valence-electron chi connectivity index (χ2n) is 5.05. The van der Waals surface area contributed by atoms with E-state index in [1.165, 1.54) is 0 Å². The van der Waals surface area contributed by atoms with Crippen molar-refractivity contribution in [2.75, 3.05) is 13.2 Å². The molecule has 21 heavy (non-hydrogen) atoms. The van der Waals surface area contributed by atoms with Gasteiger partial charge in [0.25, 0.3) is 0 Å². The number of ether oxygens (including phenoxy) is 2. The van der Waals surface area contributed by atoms with Crippen molar-refractivity contribution in [3.63, 3.8) is 0 Å². The molecule has 118 valence electrons. The number of Topliss-reactive ketones (excluding diaryl/α,β-unsaturated/α-hetero) is 1. The standard InChI is InChI=1S/C16H24O5/c1-3-20-15(18)13(16(19)21-4-2)10-6-5-8-12-9-7-11-14(12)17/h5-6,12-13H,3-4,7-11H2,1-2H3/b6-5+. The lowest BCUT2D eigenvalue weighted by molar-refractivity contribution is -0.161. The molecule has 1 atom stereocenters. The Kier molecular flexibility index (Phi) is 7.72. The van der Waals surface area contributed by atoms with E-state index < -0.39 is 17.9 Å². The maximum Gasteiger partial charge on any atom is 0.320 e. The summed E-state index contributed by atoms with van der Waals surface area (Å²) in [5.74, 6) is -1.62. The average Bonchev–Trinajstić information content (AvgIpc) is 2.84. The molecule has 0 radical (unpaired) electrons. The number of hydrogen-bond acceptors (Lipinski definition) is 5. The first kappa shape index (κ1) is 17.4. The average molecular weight is 296 g/mol. The lowest BCUT2D eigenvalue weighted by Crippen LogP contribution is -2.27. The summed E-state index contributed by atoms with van der Waals surface area (Å²) in [6, 6.07) is 0. The van der Waals surface area contributed by atoms with Crippen LogP contribution in [0, 0.1) is 11.8 Å². The number of carbonyl (C=O) groups is 3. The topological polar surface area (TPSA) is 69.7 Å². The molecule has 1 rings (SSSR count). The van der Waals surface area contributed by atoms with Crippen molar-refractivity contribution >= 4 is 17.7 Å². The van der Waals surface area contributed by atoms with Gasteiger partial charge in [-0.15, -0.1) is 0 Å². The third-order valence-corrected chi connectivity index (χ3v) is 3.53. The zero-order valence-corrected chi connectivity index (χ0v) is 12.8. The van der Waals surface area contributed by atoms with Crippen LogP contribution in [0.15, 0.2) is 12.2 Å². The lowest BCUT2D eigenvalue weighted by Gasteiger charge is -2.12. The number of rotatable bonds is 8. The fourth-order valence-electron chi connectivity index (χ4n) is 2.40. The van der Waals surface area contributed by atoms with Gasteiger partial charge in [0.1, 0.15) is 5.78 Å². The highest BCUT2D eigenvalue weighted by Gasteiger charge is 2.28. The van der Waals surface area contributed by atoms with Gasteiger partial charge in [-0.05, 0) is 39.5 Å². The van der Waals surface area contributed by atoms with E-state index in [4.69, 9.17) is 9.47 Å². The highest BCUT2D eigenvalue weighted by atomic mass is 16.6. The molecule has 0 aromatic heterocycles. The van der Waals surface area contributed by atoms with Gasteiger partial charge in [0.15, 0.2) is 5.92 Å². The van der Waals surface area contributed by atoms with Crippen molar-refractivity contribution in [3.8, 4) is 0 Å². The first-order chi connectivity index (χ1) is 10.1. The minimum Gasteiger partial charge on any atom is -0.465 e. The van der Waals surface area contributed by atoms with E-state index >= 15 is 0 Å². The summed E-state index contributed by atoms with van der Waals surface area (Å²) < 4.78 is 9.78. The lowest BCUT2D eigenvalue weighted by atomic mass is 10.0. The van der Waals surface area contributed by atoms with E-state index in [-0.39, 0.29) is 25.6 Å². The third kappa shape index (κ3) is 5.69. The summed E-state index contributed by atoms with van der Waals surface area (Å²) in [6.07, 6.45) is 7.14. The smallest absolute Gasteiger partial charge is 0.320 e. The van der Waals surface area contributed by atoms with Crippen LogP contribution in [-0.4, -0.2) is 30.9 Å². The predicted octanol–water partition coefficient (Wildman–Crippen LogP) is 2.43. The normalized spacial score (nSPS) is 18.4. The highest BCUT2D eigenvalue weighted by Crippen LogP contribution is 2.24. The summed E-state index contributed by atoms with van der Waals surface area (Å²) in [5.41, 5.74) is 0. The Hall–Kier alpha value is -1.65. The van der Waals surface area contributed by atoms with Crippen LogP contribution in [0.1, 0.15) is 46.0 Å². The van der Waals surface area contributed by atoms with Crippen LogP contribution < -0.4 is 0 Å². The molecule has 0 aliphatic heterocycles. The molecule has 1 fully saturated rings. The van der Waals surface area contributed by atoms with Gasteiger partial charge in [0.2, 0.25) is 0 Å². The minimum absolute atomic E-state index is 0.102. The Bertz CT molecular complexity index is 381. The molecule has 0 amide bonds. The van der Waals surface area contributed by atoms with E-state index in [0.29, 0.717) is 18.6 Å². The van der Waals surface area contributed by atoms with Gasteiger partial charge in [-0.2, -0.15) is 0 Å². The summed E-state index contributed by atoms with van der Waals surface area (Å²) in [5, 5.41) is 0. The Morgan fingerprint density at radius 3 is 2.29 bits per heavy atom. The van der Waals surface area contributed by atoms with Gasteiger partial charge in [-0.1, -0.05) is 12.2 Å². The zero-order valence-electron chi connectivity index (χ0n) is 12.8. The van der Waals surface area contributed by atoms with Gasteiger partial charge in [0, 0.05) is 12.3 Å². The van der Waals surface area contributed by atoms with Crippen molar-refractivity contribution in [1.82, 2.24) is 0 Å². The molecule has 0 aromatic carbocycles. The molecule has 5 heteroatoms. The van der Waals surface area contributed by atoms with Gasteiger partial charge >= 0.3 is 11.9 Å². The van der Waals surface area contributed by atoms with E-state index in [1.54, 1.807) is 19.9 Å². The molecule has 0 heterocycles. The van der Waals surface area contributed by atoms with Crippen molar-refractivity contribution < 1.29 is 23.9 Å². The molecule has 1 aliphatic rings. The second kappa shape index (κ2) is 9.32. The van der Waals surface area contributed by atoms with Gasteiger partial charge in [-0.3, -0.25) is 14.4 Å². The summed E-state index contributed by atoms with van der Waals surface area (Å²) in [4.78, 5) is 35.0. The maximum absolute atomic E-state index is 11.8. The van der Waals surface area contributed by atoms with Gasteiger partial charge < -0.3 is 9.47 Å². The molecule has 0 N–H and O–H groups in total. The fraction of sp³-hybridized carbons (Fsp3) is 0.688. The predicted molar refractivity (Wildman–Crippen MR) is 77.5 cm³/mol. The monoisotopic (exact) mass is 296 g/mol. The first-order valence-electron chi connectivity index (χ1n) is 7.61. The molecule has 5 nitrogen and oxygen atoms in total. The summed E-state index contributed by atoms with van der Waals surface area (Å²) in [6.45, 7) is 3.85. The minimum atomic E-state index is -0.916.